The highest BCUT2D eigenvalue weighted by atomic mass is 79.9. The first kappa shape index (κ1) is 16.2. The number of nitrogens with zero attached hydrogens (tertiary/aromatic N) is 1. The van der Waals surface area contributed by atoms with E-state index in [9.17, 15) is 15.2 Å². The molecule has 5 nitrogen and oxygen atoms in total. The third-order valence-corrected chi connectivity index (χ3v) is 4.99. The van der Waals surface area contributed by atoms with Gasteiger partial charge in [0.1, 0.15) is 0 Å². The molecular formula is C15H21BrN2O3. The molecule has 0 heterocycles. The summed E-state index contributed by atoms with van der Waals surface area (Å²) in [6.45, 7) is 2.78. The van der Waals surface area contributed by atoms with Crippen molar-refractivity contribution in [1.29, 1.82) is 0 Å². The predicted octanol–water partition coefficient (Wildman–Crippen LogP) is 3.88. The van der Waals surface area contributed by atoms with Gasteiger partial charge in [0.15, 0.2) is 0 Å². The van der Waals surface area contributed by atoms with E-state index < -0.39 is 0 Å². The highest BCUT2D eigenvalue weighted by Gasteiger charge is 2.24. The molecule has 1 fully saturated rings. The Balaban J connectivity index is 2.06. The number of nitro benzene ring substituents is 1. The maximum atomic E-state index is 10.9. The minimum Gasteiger partial charge on any atom is -0.396 e. The summed E-state index contributed by atoms with van der Waals surface area (Å²) in [6, 6.07) is 3.35. The normalized spacial score (nSPS) is 22.0. The molecule has 0 aromatic heterocycles. The second-order valence-electron chi connectivity index (χ2n) is 5.74. The Morgan fingerprint density at radius 3 is 2.67 bits per heavy atom. The number of rotatable bonds is 5. The summed E-state index contributed by atoms with van der Waals surface area (Å²) in [6.07, 6.45) is 4.62. The van der Waals surface area contributed by atoms with Gasteiger partial charge in [-0.3, -0.25) is 10.1 Å². The molecule has 0 spiro atoms. The molecule has 2 atom stereocenters. The van der Waals surface area contributed by atoms with Crippen LogP contribution in [0.5, 0.6) is 0 Å². The van der Waals surface area contributed by atoms with Crippen molar-refractivity contribution in [3.63, 3.8) is 0 Å². The van der Waals surface area contributed by atoms with Crippen molar-refractivity contribution < 1.29 is 10.0 Å². The maximum absolute atomic E-state index is 10.9. The fourth-order valence-electron chi connectivity index (χ4n) is 3.04. The number of nitrogens with one attached hydrogen (secondary N) is 1. The Labute approximate surface area is 133 Å². The molecular weight excluding hydrogens is 336 g/mol. The second-order valence-corrected chi connectivity index (χ2v) is 6.60. The van der Waals surface area contributed by atoms with Crippen LogP contribution in [0.3, 0.4) is 0 Å². The smallest absolute Gasteiger partial charge is 0.273 e. The van der Waals surface area contributed by atoms with Crippen molar-refractivity contribution in [3.05, 3.63) is 32.3 Å². The van der Waals surface area contributed by atoms with E-state index in [0.29, 0.717) is 21.9 Å². The lowest BCUT2D eigenvalue weighted by atomic mass is 9.79. The minimum atomic E-state index is -0.368. The second kappa shape index (κ2) is 7.22. The molecule has 2 N–H and O–H groups in total. The molecule has 0 aliphatic heterocycles. The Morgan fingerprint density at radius 2 is 2.05 bits per heavy atom. The van der Waals surface area contributed by atoms with Crippen LogP contribution >= 0.6 is 15.9 Å². The van der Waals surface area contributed by atoms with Crippen LogP contribution in [0.4, 0.5) is 11.4 Å². The number of hydrogen-bond acceptors (Lipinski definition) is 4. The number of anilines is 1. The molecule has 116 valence electrons. The number of hydrogen-bond donors (Lipinski definition) is 2. The molecule has 0 amide bonds. The van der Waals surface area contributed by atoms with E-state index in [2.05, 4.69) is 21.2 Å². The molecule has 0 radical (unpaired) electrons. The molecule has 1 aromatic rings. The average molecular weight is 357 g/mol. The maximum Gasteiger partial charge on any atom is 0.273 e. The summed E-state index contributed by atoms with van der Waals surface area (Å²) in [7, 11) is 0. The predicted molar refractivity (Wildman–Crippen MR) is 86.6 cm³/mol. The van der Waals surface area contributed by atoms with Gasteiger partial charge in [-0.1, -0.05) is 12.8 Å². The van der Waals surface area contributed by atoms with E-state index in [4.69, 9.17) is 0 Å². The third kappa shape index (κ3) is 3.95. The van der Waals surface area contributed by atoms with Crippen LogP contribution in [-0.2, 0) is 0 Å². The lowest BCUT2D eigenvalue weighted by molar-refractivity contribution is -0.385. The van der Waals surface area contributed by atoms with E-state index in [1.165, 1.54) is 12.8 Å². The highest BCUT2D eigenvalue weighted by molar-refractivity contribution is 9.10. The average Bonchev–Trinajstić information content (AvgIpc) is 2.47. The molecule has 1 saturated carbocycles. The molecule has 1 aromatic carbocycles. The van der Waals surface area contributed by atoms with Crippen LogP contribution < -0.4 is 5.32 Å². The van der Waals surface area contributed by atoms with E-state index in [1.54, 1.807) is 19.1 Å². The van der Waals surface area contributed by atoms with Gasteiger partial charge in [-0.05, 0) is 53.6 Å². The summed E-state index contributed by atoms with van der Waals surface area (Å²) in [5.41, 5.74) is 1.65. The summed E-state index contributed by atoms with van der Waals surface area (Å²) in [5, 5.41) is 23.7. The first-order valence-electron chi connectivity index (χ1n) is 7.32. The van der Waals surface area contributed by atoms with Crippen molar-refractivity contribution >= 4 is 27.3 Å². The zero-order valence-electron chi connectivity index (χ0n) is 12.1. The molecule has 1 aliphatic carbocycles. The van der Waals surface area contributed by atoms with Gasteiger partial charge < -0.3 is 10.4 Å². The zero-order chi connectivity index (χ0) is 15.4. The quantitative estimate of drug-likeness (QED) is 0.620. The monoisotopic (exact) mass is 356 g/mol. The van der Waals surface area contributed by atoms with E-state index >= 15 is 0 Å². The molecule has 0 bridgehead atoms. The van der Waals surface area contributed by atoms with Crippen molar-refractivity contribution in [3.8, 4) is 0 Å². The van der Waals surface area contributed by atoms with Gasteiger partial charge in [0.25, 0.3) is 5.69 Å². The van der Waals surface area contributed by atoms with Crippen molar-refractivity contribution in [2.75, 3.05) is 18.5 Å². The summed E-state index contributed by atoms with van der Waals surface area (Å²) in [5.74, 6) is 0.829. The van der Waals surface area contributed by atoms with Crippen LogP contribution in [0.15, 0.2) is 16.6 Å². The van der Waals surface area contributed by atoms with E-state index in [-0.39, 0.29) is 17.2 Å². The lowest BCUT2D eigenvalue weighted by Gasteiger charge is -2.30. The van der Waals surface area contributed by atoms with Crippen molar-refractivity contribution in [2.45, 2.75) is 32.6 Å². The minimum absolute atomic E-state index is 0.123. The Morgan fingerprint density at radius 1 is 1.38 bits per heavy atom. The molecule has 1 aliphatic rings. The van der Waals surface area contributed by atoms with Crippen molar-refractivity contribution in [2.24, 2.45) is 11.8 Å². The van der Waals surface area contributed by atoms with Crippen LogP contribution in [0.1, 0.15) is 31.2 Å². The molecule has 6 heteroatoms. The van der Waals surface area contributed by atoms with Gasteiger partial charge in [-0.25, -0.2) is 0 Å². The number of nitro groups is 1. The Kier molecular flexibility index (Phi) is 5.58. The number of benzene rings is 1. The standard InChI is InChI=1S/C15H21BrN2O3/c1-10-6-14(13(16)7-15(10)18(20)21)17-8-11-4-2-3-5-12(11)9-19/h6-7,11-12,17,19H,2-5,8-9H2,1H3. The zero-order valence-corrected chi connectivity index (χ0v) is 13.7. The SMILES string of the molecule is Cc1cc(NCC2CCCCC2CO)c(Br)cc1[N+](=O)[O-]. The Bertz CT molecular complexity index is 522. The molecule has 21 heavy (non-hydrogen) atoms. The van der Waals surface area contributed by atoms with Crippen LogP contribution in [0, 0.1) is 28.9 Å². The molecule has 0 saturated heterocycles. The third-order valence-electron chi connectivity index (χ3n) is 4.34. The van der Waals surface area contributed by atoms with Crippen LogP contribution in [0.2, 0.25) is 0 Å². The van der Waals surface area contributed by atoms with Gasteiger partial charge in [0, 0.05) is 34.9 Å². The van der Waals surface area contributed by atoms with E-state index in [0.717, 1.165) is 25.1 Å². The first-order chi connectivity index (χ1) is 10.0. The topological polar surface area (TPSA) is 75.4 Å². The largest absolute Gasteiger partial charge is 0.396 e. The molecule has 2 unspecified atom stereocenters. The summed E-state index contributed by atoms with van der Waals surface area (Å²) >= 11 is 3.39. The fourth-order valence-corrected chi connectivity index (χ4v) is 3.51. The fraction of sp³-hybridized carbons (Fsp3) is 0.600. The first-order valence-corrected chi connectivity index (χ1v) is 8.11. The lowest BCUT2D eigenvalue weighted by Crippen LogP contribution is -2.28. The van der Waals surface area contributed by atoms with Gasteiger partial charge in [-0.15, -0.1) is 0 Å². The van der Waals surface area contributed by atoms with E-state index in [1.807, 2.05) is 0 Å². The number of aliphatic hydroxyl groups is 1. The number of aryl methyl sites for hydroxylation is 1. The van der Waals surface area contributed by atoms with Gasteiger partial charge in [0.05, 0.1) is 4.92 Å². The van der Waals surface area contributed by atoms with Gasteiger partial charge in [-0.2, -0.15) is 0 Å². The summed E-state index contributed by atoms with van der Waals surface area (Å²) < 4.78 is 0.705. The summed E-state index contributed by atoms with van der Waals surface area (Å²) in [4.78, 5) is 10.5. The number of aliphatic hydroxyl groups excluding tert-OH is 1. The van der Waals surface area contributed by atoms with Crippen molar-refractivity contribution in [1.82, 2.24) is 0 Å². The number of halogens is 1. The Hall–Kier alpha value is -1.14. The van der Waals surface area contributed by atoms with Gasteiger partial charge >= 0.3 is 0 Å². The highest BCUT2D eigenvalue weighted by Crippen LogP contribution is 2.33. The van der Waals surface area contributed by atoms with Crippen LogP contribution in [0.25, 0.3) is 0 Å². The van der Waals surface area contributed by atoms with Gasteiger partial charge in [0.2, 0.25) is 0 Å². The molecule has 2 rings (SSSR count). The van der Waals surface area contributed by atoms with Crippen LogP contribution in [-0.4, -0.2) is 23.2 Å².